The number of hydrogen-bond acceptors (Lipinski definition) is 2. The highest BCUT2D eigenvalue weighted by molar-refractivity contribution is 5.92. The van der Waals surface area contributed by atoms with Crippen molar-refractivity contribution in [1.29, 1.82) is 0 Å². The standard InChI is InChI=1S/C14H15FN2O2/c1-14(4-2-3-5-14)13-16-10-6-8(12(18)19)9(15)7-11(10)17-13/h6-7H,2-5H2,1H3,(H,16,17)(H,18,19). The van der Waals surface area contributed by atoms with Crippen LogP contribution >= 0.6 is 0 Å². The molecule has 19 heavy (non-hydrogen) atoms. The Labute approximate surface area is 109 Å². The molecule has 2 aromatic rings. The molecule has 0 saturated heterocycles. The number of H-pyrrole nitrogens is 1. The van der Waals surface area contributed by atoms with Crippen molar-refractivity contribution < 1.29 is 14.3 Å². The highest BCUT2D eigenvalue weighted by atomic mass is 19.1. The van der Waals surface area contributed by atoms with Crippen LogP contribution in [0.15, 0.2) is 12.1 Å². The van der Waals surface area contributed by atoms with E-state index in [1.165, 1.54) is 25.0 Å². The fourth-order valence-corrected chi connectivity index (χ4v) is 2.87. The summed E-state index contributed by atoms with van der Waals surface area (Å²) in [5, 5.41) is 8.92. The minimum Gasteiger partial charge on any atom is -0.478 e. The quantitative estimate of drug-likeness (QED) is 0.873. The Morgan fingerprint density at radius 2 is 2.11 bits per heavy atom. The van der Waals surface area contributed by atoms with Crippen molar-refractivity contribution in [2.24, 2.45) is 0 Å². The van der Waals surface area contributed by atoms with Crippen molar-refractivity contribution >= 4 is 17.0 Å². The molecule has 1 saturated carbocycles. The first-order chi connectivity index (χ1) is 8.99. The minimum absolute atomic E-state index is 0.00111. The number of rotatable bonds is 2. The van der Waals surface area contributed by atoms with Crippen molar-refractivity contribution in [1.82, 2.24) is 9.97 Å². The number of fused-ring (bicyclic) bond motifs is 1. The third-order valence-electron chi connectivity index (χ3n) is 4.08. The second kappa shape index (κ2) is 4.05. The van der Waals surface area contributed by atoms with Crippen LogP contribution in [0.4, 0.5) is 4.39 Å². The summed E-state index contributed by atoms with van der Waals surface area (Å²) < 4.78 is 13.6. The summed E-state index contributed by atoms with van der Waals surface area (Å²) in [7, 11) is 0. The number of aromatic carboxylic acids is 1. The molecule has 0 atom stereocenters. The number of nitrogens with one attached hydrogen (secondary N) is 1. The van der Waals surface area contributed by atoms with Crippen LogP contribution in [0.25, 0.3) is 11.0 Å². The van der Waals surface area contributed by atoms with Crippen LogP contribution in [-0.4, -0.2) is 21.0 Å². The number of carboxylic acid groups (broad SMARTS) is 1. The van der Waals surface area contributed by atoms with Crippen molar-refractivity contribution in [2.75, 3.05) is 0 Å². The van der Waals surface area contributed by atoms with E-state index in [1.54, 1.807) is 0 Å². The Kier molecular flexibility index (Phi) is 2.59. The molecule has 2 N–H and O–H groups in total. The average molecular weight is 262 g/mol. The zero-order valence-electron chi connectivity index (χ0n) is 10.7. The Bertz CT molecular complexity index is 657. The molecule has 100 valence electrons. The number of carbonyl (C=O) groups is 1. The summed E-state index contributed by atoms with van der Waals surface area (Å²) in [6.07, 6.45) is 4.45. The Morgan fingerprint density at radius 3 is 2.74 bits per heavy atom. The van der Waals surface area contributed by atoms with Crippen LogP contribution in [0.3, 0.4) is 0 Å². The normalized spacial score (nSPS) is 18.0. The number of aromatic amines is 1. The van der Waals surface area contributed by atoms with E-state index in [2.05, 4.69) is 16.9 Å². The maximum Gasteiger partial charge on any atom is 0.338 e. The zero-order valence-corrected chi connectivity index (χ0v) is 10.7. The summed E-state index contributed by atoms with van der Waals surface area (Å²) in [6, 6.07) is 2.51. The number of carboxylic acids is 1. The number of nitrogens with zero attached hydrogens (tertiary/aromatic N) is 1. The van der Waals surface area contributed by atoms with Crippen LogP contribution in [0.5, 0.6) is 0 Å². The van der Waals surface area contributed by atoms with E-state index < -0.39 is 11.8 Å². The zero-order chi connectivity index (χ0) is 13.6. The van der Waals surface area contributed by atoms with Crippen molar-refractivity contribution in [2.45, 2.75) is 38.0 Å². The lowest BCUT2D eigenvalue weighted by molar-refractivity contribution is 0.0692. The topological polar surface area (TPSA) is 66.0 Å². The van der Waals surface area contributed by atoms with E-state index in [9.17, 15) is 9.18 Å². The molecular weight excluding hydrogens is 247 g/mol. The van der Waals surface area contributed by atoms with Crippen LogP contribution < -0.4 is 0 Å². The molecule has 0 unspecified atom stereocenters. The van der Waals surface area contributed by atoms with Crippen molar-refractivity contribution in [3.63, 3.8) is 0 Å². The van der Waals surface area contributed by atoms with Crippen LogP contribution in [0.2, 0.25) is 0 Å². The SMILES string of the molecule is CC1(c2nc3cc(C(=O)O)c(F)cc3[nH]2)CCCC1. The third-order valence-corrected chi connectivity index (χ3v) is 4.08. The maximum atomic E-state index is 13.6. The van der Waals surface area contributed by atoms with E-state index in [0.717, 1.165) is 18.7 Å². The van der Waals surface area contributed by atoms with Gasteiger partial charge in [-0.15, -0.1) is 0 Å². The number of aromatic nitrogens is 2. The van der Waals surface area contributed by atoms with Gasteiger partial charge in [-0.05, 0) is 18.9 Å². The average Bonchev–Trinajstić information content (AvgIpc) is 2.94. The van der Waals surface area contributed by atoms with Gasteiger partial charge in [0.1, 0.15) is 11.6 Å². The second-order valence-corrected chi connectivity index (χ2v) is 5.51. The lowest BCUT2D eigenvalue weighted by Crippen LogP contribution is -2.18. The predicted octanol–water partition coefficient (Wildman–Crippen LogP) is 3.23. The molecule has 1 aliphatic rings. The monoisotopic (exact) mass is 262 g/mol. The van der Waals surface area contributed by atoms with Gasteiger partial charge in [-0.2, -0.15) is 0 Å². The molecule has 1 aromatic carbocycles. The molecule has 4 nitrogen and oxygen atoms in total. The Morgan fingerprint density at radius 1 is 1.42 bits per heavy atom. The van der Waals surface area contributed by atoms with Gasteiger partial charge in [0, 0.05) is 11.5 Å². The first-order valence-electron chi connectivity index (χ1n) is 6.43. The fraction of sp³-hybridized carbons (Fsp3) is 0.429. The van der Waals surface area contributed by atoms with Gasteiger partial charge in [0.15, 0.2) is 0 Å². The van der Waals surface area contributed by atoms with E-state index >= 15 is 0 Å². The highest BCUT2D eigenvalue weighted by Crippen LogP contribution is 2.39. The van der Waals surface area contributed by atoms with Crippen molar-refractivity contribution in [3.8, 4) is 0 Å². The third kappa shape index (κ3) is 1.89. The first-order valence-corrected chi connectivity index (χ1v) is 6.43. The molecule has 0 spiro atoms. The van der Waals surface area contributed by atoms with Crippen LogP contribution in [0, 0.1) is 5.82 Å². The van der Waals surface area contributed by atoms with Gasteiger partial charge >= 0.3 is 5.97 Å². The first kappa shape index (κ1) is 12.1. The number of hydrogen-bond donors (Lipinski definition) is 2. The molecule has 1 aliphatic carbocycles. The van der Waals surface area contributed by atoms with E-state index in [0.29, 0.717) is 11.0 Å². The Balaban J connectivity index is 2.13. The molecule has 3 rings (SSSR count). The summed E-state index contributed by atoms with van der Waals surface area (Å²) in [5.41, 5.74) is 0.744. The predicted molar refractivity (Wildman–Crippen MR) is 68.8 cm³/mol. The molecule has 5 heteroatoms. The van der Waals surface area contributed by atoms with E-state index in [1.807, 2.05) is 0 Å². The van der Waals surface area contributed by atoms with Gasteiger partial charge < -0.3 is 10.1 Å². The molecule has 0 aliphatic heterocycles. The fourth-order valence-electron chi connectivity index (χ4n) is 2.87. The number of imidazole rings is 1. The lowest BCUT2D eigenvalue weighted by Gasteiger charge is -2.19. The summed E-state index contributed by atoms with van der Waals surface area (Å²) in [5.74, 6) is -1.16. The molecule has 0 radical (unpaired) electrons. The van der Waals surface area contributed by atoms with Gasteiger partial charge in [0.2, 0.25) is 0 Å². The Hall–Kier alpha value is -1.91. The number of benzene rings is 1. The van der Waals surface area contributed by atoms with Gasteiger partial charge in [-0.3, -0.25) is 0 Å². The summed E-state index contributed by atoms with van der Waals surface area (Å²) in [6.45, 7) is 2.15. The van der Waals surface area contributed by atoms with E-state index in [4.69, 9.17) is 5.11 Å². The summed E-state index contributed by atoms with van der Waals surface area (Å²) in [4.78, 5) is 18.5. The minimum atomic E-state index is -1.27. The number of halogens is 1. The molecule has 0 amide bonds. The van der Waals surface area contributed by atoms with Gasteiger partial charge in [-0.1, -0.05) is 19.8 Å². The van der Waals surface area contributed by atoms with Crippen LogP contribution in [-0.2, 0) is 5.41 Å². The molecule has 1 fully saturated rings. The molecular formula is C14H15FN2O2. The lowest BCUT2D eigenvalue weighted by atomic mass is 9.88. The van der Waals surface area contributed by atoms with Gasteiger partial charge in [0.25, 0.3) is 0 Å². The van der Waals surface area contributed by atoms with Crippen LogP contribution in [0.1, 0.15) is 48.8 Å². The van der Waals surface area contributed by atoms with Gasteiger partial charge in [0.05, 0.1) is 16.6 Å². The molecule has 0 bridgehead atoms. The van der Waals surface area contributed by atoms with Gasteiger partial charge in [-0.25, -0.2) is 14.2 Å². The molecule has 1 heterocycles. The second-order valence-electron chi connectivity index (χ2n) is 5.51. The largest absolute Gasteiger partial charge is 0.478 e. The highest BCUT2D eigenvalue weighted by Gasteiger charge is 2.33. The maximum absolute atomic E-state index is 13.6. The van der Waals surface area contributed by atoms with Crippen molar-refractivity contribution in [3.05, 3.63) is 29.3 Å². The smallest absolute Gasteiger partial charge is 0.338 e. The molecule has 1 aromatic heterocycles. The van der Waals surface area contributed by atoms with E-state index in [-0.39, 0.29) is 11.0 Å². The summed E-state index contributed by atoms with van der Waals surface area (Å²) >= 11 is 0.